The van der Waals surface area contributed by atoms with Gasteiger partial charge in [0, 0.05) is 30.7 Å². The molecule has 0 spiro atoms. The molecule has 2 aromatic carbocycles. The van der Waals surface area contributed by atoms with Crippen LogP contribution < -0.4 is 10.3 Å². The van der Waals surface area contributed by atoms with Gasteiger partial charge in [0.2, 0.25) is 0 Å². The minimum absolute atomic E-state index is 0.0386. The van der Waals surface area contributed by atoms with Crippen molar-refractivity contribution < 1.29 is 4.92 Å². The summed E-state index contributed by atoms with van der Waals surface area (Å²) >= 11 is 5.87. The van der Waals surface area contributed by atoms with E-state index in [0.717, 1.165) is 5.69 Å². The zero-order chi connectivity index (χ0) is 16.1. The fraction of sp³-hybridized carbons (Fsp3) is 0.133. The summed E-state index contributed by atoms with van der Waals surface area (Å²) in [7, 11) is 3.52. The normalized spacial score (nSPS) is 10.7. The maximum absolute atomic E-state index is 11.1. The van der Waals surface area contributed by atoms with Gasteiger partial charge in [-0.05, 0) is 24.3 Å². The van der Waals surface area contributed by atoms with E-state index >= 15 is 0 Å². The van der Waals surface area contributed by atoms with E-state index in [2.05, 4.69) is 10.5 Å². The number of hydrazone groups is 1. The van der Waals surface area contributed by atoms with Crippen LogP contribution in [0.5, 0.6) is 0 Å². The molecule has 6 nitrogen and oxygen atoms in total. The van der Waals surface area contributed by atoms with Crippen molar-refractivity contribution >= 4 is 34.9 Å². The lowest BCUT2D eigenvalue weighted by Crippen LogP contribution is -2.11. The Morgan fingerprint density at radius 2 is 2.05 bits per heavy atom. The smallest absolute Gasteiger partial charge is 0.293 e. The molecule has 0 bridgehead atoms. The molecule has 7 heteroatoms. The van der Waals surface area contributed by atoms with E-state index in [1.165, 1.54) is 12.3 Å². The summed E-state index contributed by atoms with van der Waals surface area (Å²) < 4.78 is 0. The second-order valence-electron chi connectivity index (χ2n) is 4.78. The third-order valence-corrected chi connectivity index (χ3v) is 3.14. The lowest BCUT2D eigenvalue weighted by atomic mass is 10.2. The highest BCUT2D eigenvalue weighted by atomic mass is 35.5. The van der Waals surface area contributed by atoms with Crippen LogP contribution in [0.1, 0.15) is 5.56 Å². The molecular weight excluding hydrogens is 304 g/mol. The van der Waals surface area contributed by atoms with Gasteiger partial charge in [-0.3, -0.25) is 15.5 Å². The van der Waals surface area contributed by atoms with E-state index in [9.17, 15) is 10.1 Å². The highest BCUT2D eigenvalue weighted by Crippen LogP contribution is 2.27. The maximum Gasteiger partial charge on any atom is 0.293 e. The average Bonchev–Trinajstić information content (AvgIpc) is 2.47. The molecule has 0 aromatic heterocycles. The van der Waals surface area contributed by atoms with Gasteiger partial charge in [-0.1, -0.05) is 23.7 Å². The van der Waals surface area contributed by atoms with Gasteiger partial charge in [0.15, 0.2) is 0 Å². The van der Waals surface area contributed by atoms with E-state index in [1.54, 1.807) is 49.3 Å². The van der Waals surface area contributed by atoms with Gasteiger partial charge < -0.3 is 4.90 Å². The number of nitro benzene ring substituents is 1. The molecule has 0 saturated carbocycles. The van der Waals surface area contributed by atoms with Crippen molar-refractivity contribution in [2.45, 2.75) is 0 Å². The summed E-state index contributed by atoms with van der Waals surface area (Å²) in [6.45, 7) is 0. The Bertz CT molecular complexity index is 716. The number of hydrogen-bond acceptors (Lipinski definition) is 5. The quantitative estimate of drug-likeness (QED) is 0.517. The molecule has 1 N–H and O–H groups in total. The van der Waals surface area contributed by atoms with Crippen molar-refractivity contribution in [3.63, 3.8) is 0 Å². The maximum atomic E-state index is 11.1. The Labute approximate surface area is 133 Å². The predicted molar refractivity (Wildman–Crippen MR) is 90.1 cm³/mol. The van der Waals surface area contributed by atoms with Crippen LogP contribution in [-0.4, -0.2) is 25.2 Å². The largest absolute Gasteiger partial charge is 0.372 e. The molecule has 0 unspecified atom stereocenters. The lowest BCUT2D eigenvalue weighted by molar-refractivity contribution is -0.384. The predicted octanol–water partition coefficient (Wildman–Crippen LogP) is 3.76. The van der Waals surface area contributed by atoms with Crippen molar-refractivity contribution in [1.29, 1.82) is 0 Å². The Hall–Kier alpha value is -2.60. The summed E-state index contributed by atoms with van der Waals surface area (Å²) in [4.78, 5) is 12.4. The molecule has 0 aliphatic carbocycles. The Kier molecular flexibility index (Phi) is 4.95. The number of rotatable bonds is 5. The molecule has 0 saturated heterocycles. The monoisotopic (exact) mass is 318 g/mol. The number of nitrogens with zero attached hydrogens (tertiary/aromatic N) is 3. The van der Waals surface area contributed by atoms with Gasteiger partial charge in [0.1, 0.15) is 5.69 Å². The third-order valence-electron chi connectivity index (χ3n) is 2.91. The van der Waals surface area contributed by atoms with Crippen molar-refractivity contribution in [2.24, 2.45) is 5.10 Å². The van der Waals surface area contributed by atoms with Gasteiger partial charge in [-0.25, -0.2) is 0 Å². The third kappa shape index (κ3) is 3.95. The first-order valence-electron chi connectivity index (χ1n) is 6.48. The topological polar surface area (TPSA) is 70.8 Å². The number of benzene rings is 2. The summed E-state index contributed by atoms with van der Waals surface area (Å²) in [5.41, 5.74) is 4.78. The number of hydrogen-bond donors (Lipinski definition) is 1. The molecule has 0 atom stereocenters. The molecule has 0 fully saturated rings. The molecule has 0 aliphatic rings. The number of nitrogens with one attached hydrogen (secondary N) is 1. The van der Waals surface area contributed by atoms with Crippen LogP contribution in [0.2, 0.25) is 5.02 Å². The first-order valence-corrected chi connectivity index (χ1v) is 6.85. The van der Waals surface area contributed by atoms with E-state index in [4.69, 9.17) is 11.6 Å². The molecule has 2 aromatic rings. The zero-order valence-electron chi connectivity index (χ0n) is 12.2. The van der Waals surface area contributed by atoms with E-state index in [0.29, 0.717) is 16.3 Å². The van der Waals surface area contributed by atoms with Gasteiger partial charge >= 0.3 is 0 Å². The van der Waals surface area contributed by atoms with Crippen molar-refractivity contribution in [3.05, 3.63) is 63.2 Å². The Morgan fingerprint density at radius 1 is 1.27 bits per heavy atom. The molecule has 0 heterocycles. The zero-order valence-corrected chi connectivity index (χ0v) is 12.9. The van der Waals surface area contributed by atoms with Gasteiger partial charge in [0.25, 0.3) is 5.69 Å². The fourth-order valence-corrected chi connectivity index (χ4v) is 2.07. The van der Waals surface area contributed by atoms with Crippen LogP contribution in [0.15, 0.2) is 47.6 Å². The SMILES string of the molecule is CN(C)c1ccc(/C=N\Nc2cccc(Cl)c2)cc1[N+](=O)[O-]. The summed E-state index contributed by atoms with van der Waals surface area (Å²) in [5.74, 6) is 0. The fourth-order valence-electron chi connectivity index (χ4n) is 1.88. The molecule has 0 radical (unpaired) electrons. The van der Waals surface area contributed by atoms with E-state index < -0.39 is 4.92 Å². The van der Waals surface area contributed by atoms with Crippen LogP contribution in [0.4, 0.5) is 17.1 Å². The molecule has 0 amide bonds. The first kappa shape index (κ1) is 15.8. The van der Waals surface area contributed by atoms with Crippen LogP contribution in [0, 0.1) is 10.1 Å². The molecule has 0 aliphatic heterocycles. The standard InChI is InChI=1S/C15H15ClN4O2/c1-19(2)14-7-6-11(8-15(14)20(21)22)10-17-18-13-5-3-4-12(16)9-13/h3-10,18H,1-2H3/b17-10-. The summed E-state index contributed by atoms with van der Waals surface area (Å²) in [6.07, 6.45) is 1.52. The minimum atomic E-state index is -0.406. The van der Waals surface area contributed by atoms with Crippen LogP contribution in [-0.2, 0) is 0 Å². The highest BCUT2D eigenvalue weighted by molar-refractivity contribution is 6.30. The molecule has 2 rings (SSSR count). The molecule has 114 valence electrons. The second kappa shape index (κ2) is 6.91. The van der Waals surface area contributed by atoms with Gasteiger partial charge in [-0.2, -0.15) is 5.10 Å². The van der Waals surface area contributed by atoms with Gasteiger partial charge in [-0.15, -0.1) is 0 Å². The number of halogens is 1. The number of nitro groups is 1. The van der Waals surface area contributed by atoms with Gasteiger partial charge in [0.05, 0.1) is 16.8 Å². The van der Waals surface area contributed by atoms with E-state index in [-0.39, 0.29) is 5.69 Å². The lowest BCUT2D eigenvalue weighted by Gasteiger charge is -2.12. The molecule has 22 heavy (non-hydrogen) atoms. The Balaban J connectivity index is 2.17. The van der Waals surface area contributed by atoms with E-state index in [1.807, 2.05) is 6.07 Å². The van der Waals surface area contributed by atoms with Crippen molar-refractivity contribution in [1.82, 2.24) is 0 Å². The van der Waals surface area contributed by atoms with Crippen molar-refractivity contribution in [2.75, 3.05) is 24.4 Å². The average molecular weight is 319 g/mol. The van der Waals surface area contributed by atoms with Crippen LogP contribution in [0.25, 0.3) is 0 Å². The van der Waals surface area contributed by atoms with Crippen molar-refractivity contribution in [3.8, 4) is 0 Å². The van der Waals surface area contributed by atoms with Crippen LogP contribution in [0.3, 0.4) is 0 Å². The first-order chi connectivity index (χ1) is 10.5. The summed E-state index contributed by atoms with van der Waals surface area (Å²) in [6, 6.07) is 12.1. The summed E-state index contributed by atoms with van der Waals surface area (Å²) in [5, 5.41) is 15.8. The van der Waals surface area contributed by atoms with Crippen LogP contribution >= 0.6 is 11.6 Å². The Morgan fingerprint density at radius 3 is 2.68 bits per heavy atom. The second-order valence-corrected chi connectivity index (χ2v) is 5.22. The molecular formula is C15H15ClN4O2. The number of anilines is 2. The highest BCUT2D eigenvalue weighted by Gasteiger charge is 2.15. The minimum Gasteiger partial charge on any atom is -0.372 e.